The maximum Gasteiger partial charge on any atom is 0.321 e. The van der Waals surface area contributed by atoms with Crippen LogP contribution in [0.5, 0.6) is 0 Å². The number of amides is 3. The summed E-state index contributed by atoms with van der Waals surface area (Å²) in [6, 6.07) is 1.27. The number of allylic oxidation sites excluding steroid dienone is 1. The Morgan fingerprint density at radius 1 is 1.50 bits per heavy atom. The number of carbonyl (C=O) groups is 2. The number of thioether (sulfide) groups is 1. The maximum absolute atomic E-state index is 12.0. The minimum absolute atomic E-state index is 0.409. The number of furan rings is 1. The first-order chi connectivity index (χ1) is 11.5. The molecule has 0 aromatic carbocycles. The van der Waals surface area contributed by atoms with E-state index in [1.165, 1.54) is 18.8 Å². The molecule has 24 heavy (non-hydrogen) atoms. The van der Waals surface area contributed by atoms with Gasteiger partial charge in [0, 0.05) is 13.6 Å². The van der Waals surface area contributed by atoms with Crippen molar-refractivity contribution < 1.29 is 14.0 Å². The molecule has 3 amide bonds. The maximum atomic E-state index is 12.0. The highest BCUT2D eigenvalue weighted by Crippen LogP contribution is 2.29. The molecule has 2 N–H and O–H groups in total. The highest BCUT2D eigenvalue weighted by atomic mass is 32.2. The van der Waals surface area contributed by atoms with Gasteiger partial charge in [-0.25, -0.2) is 4.79 Å². The summed E-state index contributed by atoms with van der Waals surface area (Å²) < 4.78 is 7.16. The lowest BCUT2D eigenvalue weighted by atomic mass is 10.2. The number of carbonyl (C=O) groups excluding carboxylic acids is 2. The third-order valence-electron chi connectivity index (χ3n) is 3.24. The lowest BCUT2D eigenvalue weighted by Crippen LogP contribution is -2.41. The van der Waals surface area contributed by atoms with Crippen LogP contribution in [0, 0.1) is 6.92 Å². The summed E-state index contributed by atoms with van der Waals surface area (Å²) >= 11 is 1.21. The number of aromatic nitrogens is 3. The molecule has 0 fully saturated rings. The minimum Gasteiger partial charge on any atom is -0.469 e. The summed E-state index contributed by atoms with van der Waals surface area (Å²) in [4.78, 5) is 23.2. The Bertz CT molecular complexity index is 752. The first kappa shape index (κ1) is 17.8. The standard InChI is InChI=1S/C15H19N5O3S/c1-5-7-20-12(11-6-8-23-9(11)2)18-19-15(20)24-10(3)13(21)17-14(22)16-4/h5-6,8,10H,1,7H2,2-4H3,(H2,16,17,21,22)/t10-/m0/s1. The third kappa shape index (κ3) is 3.85. The Labute approximate surface area is 143 Å². The lowest BCUT2D eigenvalue weighted by molar-refractivity contribution is -0.119. The average molecular weight is 349 g/mol. The molecule has 0 aliphatic carbocycles. The van der Waals surface area contributed by atoms with Crippen LogP contribution in [-0.2, 0) is 11.3 Å². The van der Waals surface area contributed by atoms with E-state index >= 15 is 0 Å². The molecule has 0 aliphatic heterocycles. The number of imide groups is 1. The molecule has 2 rings (SSSR count). The van der Waals surface area contributed by atoms with Gasteiger partial charge in [0.1, 0.15) is 5.76 Å². The fourth-order valence-corrected chi connectivity index (χ4v) is 2.83. The van der Waals surface area contributed by atoms with Gasteiger partial charge in [-0.1, -0.05) is 17.8 Å². The molecule has 1 atom stereocenters. The van der Waals surface area contributed by atoms with Gasteiger partial charge in [-0.2, -0.15) is 0 Å². The van der Waals surface area contributed by atoms with E-state index in [0.29, 0.717) is 17.5 Å². The van der Waals surface area contributed by atoms with Crippen LogP contribution < -0.4 is 10.6 Å². The SMILES string of the molecule is C=CCn1c(S[C@@H](C)C(=O)NC(=O)NC)nnc1-c1ccoc1C. The van der Waals surface area contributed by atoms with Crippen LogP contribution in [0.15, 0.2) is 34.6 Å². The third-order valence-corrected chi connectivity index (χ3v) is 4.32. The van der Waals surface area contributed by atoms with E-state index in [1.807, 2.05) is 17.6 Å². The van der Waals surface area contributed by atoms with Crippen molar-refractivity contribution in [2.45, 2.75) is 30.8 Å². The predicted molar refractivity (Wildman–Crippen MR) is 90.6 cm³/mol. The molecule has 2 aromatic heterocycles. The summed E-state index contributed by atoms with van der Waals surface area (Å²) in [6.45, 7) is 7.77. The number of rotatable bonds is 6. The van der Waals surface area contributed by atoms with Crippen LogP contribution in [0.1, 0.15) is 12.7 Å². The van der Waals surface area contributed by atoms with Crippen LogP contribution in [0.4, 0.5) is 4.79 Å². The van der Waals surface area contributed by atoms with Crippen molar-refractivity contribution >= 4 is 23.7 Å². The Balaban J connectivity index is 2.23. The van der Waals surface area contributed by atoms with E-state index in [-0.39, 0.29) is 0 Å². The molecule has 8 nitrogen and oxygen atoms in total. The van der Waals surface area contributed by atoms with E-state index in [0.717, 1.165) is 11.3 Å². The summed E-state index contributed by atoms with van der Waals surface area (Å²) in [7, 11) is 1.45. The highest BCUT2D eigenvalue weighted by molar-refractivity contribution is 8.00. The van der Waals surface area contributed by atoms with Gasteiger partial charge in [0.05, 0.1) is 17.1 Å². The van der Waals surface area contributed by atoms with Crippen molar-refractivity contribution in [3.63, 3.8) is 0 Å². The molecule has 0 unspecified atom stereocenters. The zero-order chi connectivity index (χ0) is 17.7. The highest BCUT2D eigenvalue weighted by Gasteiger charge is 2.22. The molecule has 0 radical (unpaired) electrons. The van der Waals surface area contributed by atoms with Gasteiger partial charge >= 0.3 is 6.03 Å². The summed E-state index contributed by atoms with van der Waals surface area (Å²) in [6.07, 6.45) is 3.31. The van der Waals surface area contributed by atoms with Crippen molar-refractivity contribution in [1.82, 2.24) is 25.4 Å². The van der Waals surface area contributed by atoms with E-state index in [9.17, 15) is 9.59 Å². The minimum atomic E-state index is -0.547. The monoisotopic (exact) mass is 349 g/mol. The van der Waals surface area contributed by atoms with Crippen LogP contribution in [0.3, 0.4) is 0 Å². The fraction of sp³-hybridized carbons (Fsp3) is 0.333. The largest absolute Gasteiger partial charge is 0.469 e. The van der Waals surface area contributed by atoms with E-state index < -0.39 is 17.2 Å². The summed E-state index contributed by atoms with van der Waals surface area (Å²) in [5.74, 6) is 0.964. The van der Waals surface area contributed by atoms with Crippen LogP contribution in [0.25, 0.3) is 11.4 Å². The van der Waals surface area contributed by atoms with Gasteiger partial charge in [0.25, 0.3) is 0 Å². The van der Waals surface area contributed by atoms with E-state index in [1.54, 1.807) is 19.3 Å². The first-order valence-corrected chi connectivity index (χ1v) is 8.13. The molecule has 128 valence electrons. The zero-order valence-corrected chi connectivity index (χ0v) is 14.5. The normalized spacial score (nSPS) is 11.8. The summed E-state index contributed by atoms with van der Waals surface area (Å²) in [5.41, 5.74) is 0.832. The molecular weight excluding hydrogens is 330 g/mol. The van der Waals surface area contributed by atoms with Crippen molar-refractivity contribution in [1.29, 1.82) is 0 Å². The van der Waals surface area contributed by atoms with Crippen molar-refractivity contribution in [2.75, 3.05) is 7.05 Å². The Morgan fingerprint density at radius 3 is 2.83 bits per heavy atom. The number of aryl methyl sites for hydroxylation is 1. The molecule has 2 heterocycles. The number of urea groups is 1. The second-order valence-electron chi connectivity index (χ2n) is 4.92. The van der Waals surface area contributed by atoms with Gasteiger partial charge in [-0.3, -0.25) is 14.7 Å². The van der Waals surface area contributed by atoms with Crippen LogP contribution in [0.2, 0.25) is 0 Å². The Morgan fingerprint density at radius 2 is 2.25 bits per heavy atom. The molecule has 0 saturated carbocycles. The van der Waals surface area contributed by atoms with Gasteiger partial charge in [-0.05, 0) is 19.9 Å². The van der Waals surface area contributed by atoms with E-state index in [4.69, 9.17) is 4.42 Å². The molecule has 9 heteroatoms. The zero-order valence-electron chi connectivity index (χ0n) is 13.7. The van der Waals surface area contributed by atoms with Gasteiger partial charge in [0.15, 0.2) is 11.0 Å². The topological polar surface area (TPSA) is 102 Å². The lowest BCUT2D eigenvalue weighted by Gasteiger charge is -2.12. The van der Waals surface area contributed by atoms with Gasteiger partial charge in [0.2, 0.25) is 5.91 Å². The number of hydrogen-bond acceptors (Lipinski definition) is 6. The van der Waals surface area contributed by atoms with Crippen molar-refractivity contribution in [3.05, 3.63) is 30.7 Å². The molecule has 0 bridgehead atoms. The first-order valence-electron chi connectivity index (χ1n) is 7.25. The molecule has 0 aliphatic rings. The average Bonchev–Trinajstić information content (AvgIpc) is 3.14. The second-order valence-corrected chi connectivity index (χ2v) is 6.23. The molecular formula is C15H19N5O3S. The number of hydrogen-bond donors (Lipinski definition) is 2. The Kier molecular flexibility index (Phi) is 5.80. The second kappa shape index (κ2) is 7.82. The van der Waals surface area contributed by atoms with Crippen LogP contribution >= 0.6 is 11.8 Å². The molecule has 0 spiro atoms. The van der Waals surface area contributed by atoms with Gasteiger partial charge in [-0.15, -0.1) is 16.8 Å². The van der Waals surface area contributed by atoms with Gasteiger partial charge < -0.3 is 9.73 Å². The number of nitrogens with zero attached hydrogens (tertiary/aromatic N) is 3. The number of nitrogens with one attached hydrogen (secondary N) is 2. The fourth-order valence-electron chi connectivity index (χ4n) is 1.97. The molecule has 2 aromatic rings. The van der Waals surface area contributed by atoms with Crippen molar-refractivity contribution in [2.24, 2.45) is 0 Å². The summed E-state index contributed by atoms with van der Waals surface area (Å²) in [5, 5.41) is 13.0. The van der Waals surface area contributed by atoms with Crippen LogP contribution in [-0.4, -0.2) is 39.0 Å². The smallest absolute Gasteiger partial charge is 0.321 e. The van der Waals surface area contributed by atoms with Crippen molar-refractivity contribution in [3.8, 4) is 11.4 Å². The predicted octanol–water partition coefficient (Wildman–Crippen LogP) is 1.97. The molecule has 0 saturated heterocycles. The quantitative estimate of drug-likeness (QED) is 0.611. The van der Waals surface area contributed by atoms with E-state index in [2.05, 4.69) is 27.4 Å². The Hall–Kier alpha value is -2.55.